The number of esters is 1. The van der Waals surface area contributed by atoms with E-state index in [1.807, 2.05) is 30.3 Å². The molecule has 0 aliphatic carbocycles. The summed E-state index contributed by atoms with van der Waals surface area (Å²) in [6, 6.07) is 8.74. The van der Waals surface area contributed by atoms with E-state index in [-0.39, 0.29) is 29.3 Å². The Kier molecular flexibility index (Phi) is 4.38. The molecule has 23 heavy (non-hydrogen) atoms. The Bertz CT molecular complexity index is 674. The van der Waals surface area contributed by atoms with Gasteiger partial charge in [0, 0.05) is 5.75 Å². The molecule has 0 saturated carbocycles. The molecule has 2 atom stereocenters. The number of nitrogens with zero attached hydrogens (tertiary/aromatic N) is 1. The van der Waals surface area contributed by atoms with Crippen molar-refractivity contribution in [3.63, 3.8) is 0 Å². The van der Waals surface area contributed by atoms with Gasteiger partial charge in [-0.3, -0.25) is 14.5 Å². The molecular formula is C16H16N2O4S. The third-order valence-electron chi connectivity index (χ3n) is 3.76. The number of carbonyl (C=O) groups is 3. The van der Waals surface area contributed by atoms with Crippen LogP contribution in [0.5, 0.6) is 0 Å². The first-order chi connectivity index (χ1) is 11.1. The van der Waals surface area contributed by atoms with E-state index in [2.05, 4.69) is 10.1 Å². The highest BCUT2D eigenvalue weighted by atomic mass is 32.2. The van der Waals surface area contributed by atoms with E-state index in [0.717, 1.165) is 5.56 Å². The number of β-lactam (4-membered cyclic amide) rings is 1. The Balaban J connectivity index is 1.63. The molecule has 1 aromatic rings. The van der Waals surface area contributed by atoms with Crippen molar-refractivity contribution in [1.29, 1.82) is 0 Å². The number of amides is 2. The van der Waals surface area contributed by atoms with Gasteiger partial charge in [-0.15, -0.1) is 11.8 Å². The van der Waals surface area contributed by atoms with Crippen LogP contribution in [0.25, 0.3) is 0 Å². The molecule has 1 N–H and O–H groups in total. The molecule has 120 valence electrons. The Labute approximate surface area is 137 Å². The van der Waals surface area contributed by atoms with Crippen LogP contribution in [0, 0.1) is 0 Å². The standard InChI is InChI=1S/C16H16N2O4S/c1-22-16(21)11-7-8-23-15-13(14(20)18(11)15)17-12(19)9-10-5-3-2-4-6-10/h2-7,13,15H,8-9H2,1H3,(H,17,19)/t13?,15-/m0/s1. The molecule has 0 bridgehead atoms. The van der Waals surface area contributed by atoms with Gasteiger partial charge in [0.2, 0.25) is 5.91 Å². The fraction of sp³-hybridized carbons (Fsp3) is 0.312. The minimum absolute atomic E-state index is 0.205. The normalized spacial score (nSPS) is 22.6. The second-order valence-corrected chi connectivity index (χ2v) is 6.37. The summed E-state index contributed by atoms with van der Waals surface area (Å²) in [5.74, 6) is -0.411. The summed E-state index contributed by atoms with van der Waals surface area (Å²) in [7, 11) is 1.28. The Morgan fingerprint density at radius 3 is 2.78 bits per heavy atom. The van der Waals surface area contributed by atoms with E-state index in [1.165, 1.54) is 23.8 Å². The molecule has 7 heteroatoms. The highest BCUT2D eigenvalue weighted by Gasteiger charge is 2.52. The van der Waals surface area contributed by atoms with Gasteiger partial charge in [0.15, 0.2) is 0 Å². The first-order valence-corrected chi connectivity index (χ1v) is 8.23. The van der Waals surface area contributed by atoms with Crippen molar-refractivity contribution in [3.8, 4) is 0 Å². The van der Waals surface area contributed by atoms with Crippen molar-refractivity contribution in [2.45, 2.75) is 17.8 Å². The number of thioether (sulfide) groups is 1. The molecule has 2 aliphatic heterocycles. The summed E-state index contributed by atoms with van der Waals surface area (Å²) in [6.45, 7) is 0. The molecule has 0 aromatic heterocycles. The van der Waals surface area contributed by atoms with Crippen molar-refractivity contribution in [2.75, 3.05) is 12.9 Å². The van der Waals surface area contributed by atoms with Gasteiger partial charge in [-0.25, -0.2) is 4.79 Å². The summed E-state index contributed by atoms with van der Waals surface area (Å²) in [4.78, 5) is 37.5. The van der Waals surface area contributed by atoms with Crippen LogP contribution < -0.4 is 5.32 Å². The number of benzene rings is 1. The molecule has 1 aromatic carbocycles. The first kappa shape index (κ1) is 15.6. The van der Waals surface area contributed by atoms with Gasteiger partial charge in [-0.05, 0) is 11.6 Å². The Morgan fingerprint density at radius 2 is 2.09 bits per heavy atom. The highest BCUT2D eigenvalue weighted by Crippen LogP contribution is 2.37. The van der Waals surface area contributed by atoms with Crippen molar-refractivity contribution >= 4 is 29.5 Å². The largest absolute Gasteiger partial charge is 0.464 e. The molecule has 0 radical (unpaired) electrons. The molecule has 3 rings (SSSR count). The number of nitrogens with one attached hydrogen (secondary N) is 1. The van der Waals surface area contributed by atoms with E-state index in [1.54, 1.807) is 6.08 Å². The molecule has 2 amide bonds. The predicted octanol–water partition coefficient (Wildman–Crippen LogP) is 0.686. The van der Waals surface area contributed by atoms with Gasteiger partial charge in [0.1, 0.15) is 17.1 Å². The summed E-state index contributed by atoms with van der Waals surface area (Å²) in [5.41, 5.74) is 1.15. The fourth-order valence-electron chi connectivity index (χ4n) is 2.64. The average Bonchev–Trinajstić information content (AvgIpc) is 2.59. The zero-order valence-electron chi connectivity index (χ0n) is 12.5. The van der Waals surface area contributed by atoms with Gasteiger partial charge in [0.25, 0.3) is 5.91 Å². The van der Waals surface area contributed by atoms with Crippen LogP contribution >= 0.6 is 11.8 Å². The second kappa shape index (κ2) is 6.45. The third kappa shape index (κ3) is 2.96. The van der Waals surface area contributed by atoms with Crippen LogP contribution in [0.1, 0.15) is 5.56 Å². The predicted molar refractivity (Wildman–Crippen MR) is 85.3 cm³/mol. The zero-order chi connectivity index (χ0) is 16.4. The van der Waals surface area contributed by atoms with Gasteiger partial charge in [0.05, 0.1) is 13.5 Å². The topological polar surface area (TPSA) is 75.7 Å². The zero-order valence-corrected chi connectivity index (χ0v) is 13.3. The van der Waals surface area contributed by atoms with E-state index >= 15 is 0 Å². The SMILES string of the molecule is COC(=O)C1=CCS[C@H]2C(NC(=O)Cc3ccccc3)C(=O)N12. The maximum absolute atomic E-state index is 12.3. The van der Waals surface area contributed by atoms with E-state index in [9.17, 15) is 14.4 Å². The van der Waals surface area contributed by atoms with E-state index in [0.29, 0.717) is 5.75 Å². The quantitative estimate of drug-likeness (QED) is 0.648. The number of hydrogen-bond acceptors (Lipinski definition) is 5. The number of methoxy groups -OCH3 is 1. The highest BCUT2D eigenvalue weighted by molar-refractivity contribution is 8.00. The van der Waals surface area contributed by atoms with Gasteiger partial charge in [-0.1, -0.05) is 30.3 Å². The summed E-state index contributed by atoms with van der Waals surface area (Å²) in [6.07, 6.45) is 1.90. The monoisotopic (exact) mass is 332 g/mol. The third-order valence-corrected chi connectivity index (χ3v) is 4.95. The lowest BCUT2D eigenvalue weighted by atomic mass is 10.0. The molecule has 1 fully saturated rings. The molecule has 2 aliphatic rings. The van der Waals surface area contributed by atoms with Gasteiger partial charge < -0.3 is 10.1 Å². The Hall–Kier alpha value is -2.28. The second-order valence-electron chi connectivity index (χ2n) is 5.22. The minimum atomic E-state index is -0.593. The maximum Gasteiger partial charge on any atom is 0.354 e. The number of fused-ring (bicyclic) bond motifs is 1. The summed E-state index contributed by atoms with van der Waals surface area (Å²) in [5, 5.41) is 2.51. The van der Waals surface area contributed by atoms with Gasteiger partial charge in [-0.2, -0.15) is 0 Å². The van der Waals surface area contributed by atoms with Crippen LogP contribution in [0.4, 0.5) is 0 Å². The van der Waals surface area contributed by atoms with Gasteiger partial charge >= 0.3 is 5.97 Å². The molecule has 1 unspecified atom stereocenters. The van der Waals surface area contributed by atoms with E-state index in [4.69, 9.17) is 0 Å². The maximum atomic E-state index is 12.3. The summed E-state index contributed by atoms with van der Waals surface area (Å²) < 4.78 is 4.69. The van der Waals surface area contributed by atoms with Crippen molar-refractivity contribution in [3.05, 3.63) is 47.7 Å². The number of carbonyl (C=O) groups excluding carboxylic acids is 3. The smallest absolute Gasteiger partial charge is 0.354 e. The molecule has 6 nitrogen and oxygen atoms in total. The molecule has 1 saturated heterocycles. The lowest BCUT2D eigenvalue weighted by Crippen LogP contribution is -2.70. The van der Waals surface area contributed by atoms with E-state index < -0.39 is 12.0 Å². The Morgan fingerprint density at radius 1 is 1.35 bits per heavy atom. The average molecular weight is 332 g/mol. The minimum Gasteiger partial charge on any atom is -0.464 e. The number of ether oxygens (including phenoxy) is 1. The van der Waals surface area contributed by atoms with Crippen LogP contribution in [0.15, 0.2) is 42.1 Å². The van der Waals surface area contributed by atoms with Crippen molar-refractivity contribution < 1.29 is 19.1 Å². The number of rotatable bonds is 4. The molecular weight excluding hydrogens is 316 g/mol. The van der Waals surface area contributed by atoms with Crippen LogP contribution in [0.2, 0.25) is 0 Å². The lowest BCUT2D eigenvalue weighted by molar-refractivity contribution is -0.151. The van der Waals surface area contributed by atoms with Crippen LogP contribution in [0.3, 0.4) is 0 Å². The van der Waals surface area contributed by atoms with Crippen molar-refractivity contribution in [2.24, 2.45) is 0 Å². The molecule has 0 spiro atoms. The van der Waals surface area contributed by atoms with Crippen LogP contribution in [-0.4, -0.2) is 47.0 Å². The summed E-state index contributed by atoms with van der Waals surface area (Å²) >= 11 is 1.51. The number of hydrogen-bond donors (Lipinski definition) is 1. The first-order valence-electron chi connectivity index (χ1n) is 7.18. The van der Waals surface area contributed by atoms with Crippen LogP contribution in [-0.2, 0) is 25.5 Å². The van der Waals surface area contributed by atoms with Crippen molar-refractivity contribution in [1.82, 2.24) is 10.2 Å². The fourth-order valence-corrected chi connectivity index (χ4v) is 3.83. The lowest BCUT2D eigenvalue weighted by Gasteiger charge is -2.48. The molecule has 2 heterocycles.